The van der Waals surface area contributed by atoms with Crippen LogP contribution in [0.25, 0.3) is 10.9 Å². The summed E-state index contributed by atoms with van der Waals surface area (Å²) in [6.07, 6.45) is 7.66. The van der Waals surface area contributed by atoms with Crippen LogP contribution >= 0.6 is 0 Å². The van der Waals surface area contributed by atoms with Crippen molar-refractivity contribution in [2.45, 2.75) is 25.9 Å². The smallest absolute Gasteiger partial charge is 0.249 e. The van der Waals surface area contributed by atoms with Crippen molar-refractivity contribution in [1.29, 1.82) is 0 Å². The first kappa shape index (κ1) is 26.8. The normalized spacial score (nSPS) is 16.4. The second-order valence-electron chi connectivity index (χ2n) is 9.73. The van der Waals surface area contributed by atoms with E-state index in [0.29, 0.717) is 30.8 Å². The fraction of sp³-hybridized carbons (Fsp3) is 0.267. The minimum absolute atomic E-state index is 0.0423. The van der Waals surface area contributed by atoms with Gasteiger partial charge >= 0.3 is 0 Å². The molecule has 204 valence electrons. The standard InChI is InChI=1S/C30H28F2N6O2/c1-20(39)36-24-10-13-38(18-24)29-25-14-21(7-9-28(25)34-19-35-29)4-2-11-33-30(40)23-5-3-12-37(17-23)16-22-6-8-26(31)27(32)15-22/h3,5-9,12,14-15,19,24H,10-11,13,16-18H2,1H3,(H,33,40)(H,36,39). The summed E-state index contributed by atoms with van der Waals surface area (Å²) in [6, 6.07) is 9.58. The lowest BCUT2D eigenvalue weighted by Gasteiger charge is -2.24. The lowest BCUT2D eigenvalue weighted by atomic mass is 10.1. The summed E-state index contributed by atoms with van der Waals surface area (Å²) in [6.45, 7) is 3.81. The molecule has 0 radical (unpaired) electrons. The molecule has 0 saturated carbocycles. The maximum Gasteiger partial charge on any atom is 0.249 e. The summed E-state index contributed by atoms with van der Waals surface area (Å²) in [5.41, 5.74) is 2.73. The van der Waals surface area contributed by atoms with Crippen molar-refractivity contribution in [3.63, 3.8) is 0 Å². The number of aromatic nitrogens is 2. The molecule has 2 N–H and O–H groups in total. The first-order chi connectivity index (χ1) is 19.4. The Bertz CT molecular complexity index is 1580. The van der Waals surface area contributed by atoms with E-state index in [4.69, 9.17) is 0 Å². The van der Waals surface area contributed by atoms with E-state index in [-0.39, 0.29) is 24.4 Å². The number of carbonyl (C=O) groups is 2. The van der Waals surface area contributed by atoms with Crippen LogP contribution in [-0.2, 0) is 16.1 Å². The third kappa shape index (κ3) is 6.43. The first-order valence-electron chi connectivity index (χ1n) is 12.9. The number of nitrogens with zero attached hydrogens (tertiary/aromatic N) is 4. The minimum atomic E-state index is -0.896. The van der Waals surface area contributed by atoms with Crippen molar-refractivity contribution in [1.82, 2.24) is 25.5 Å². The molecule has 1 aromatic heterocycles. The molecular formula is C30H28F2N6O2. The van der Waals surface area contributed by atoms with E-state index in [1.165, 1.54) is 13.0 Å². The summed E-state index contributed by atoms with van der Waals surface area (Å²) in [5, 5.41) is 6.66. The van der Waals surface area contributed by atoms with Crippen LogP contribution in [-0.4, -0.2) is 58.9 Å². The third-order valence-electron chi connectivity index (χ3n) is 6.71. The predicted molar refractivity (Wildman–Crippen MR) is 148 cm³/mol. The molecule has 1 saturated heterocycles. The van der Waals surface area contributed by atoms with Gasteiger partial charge in [0.1, 0.15) is 12.1 Å². The van der Waals surface area contributed by atoms with Gasteiger partial charge in [-0.2, -0.15) is 0 Å². The Morgan fingerprint density at radius 2 is 2.00 bits per heavy atom. The zero-order chi connectivity index (χ0) is 28.1. The van der Waals surface area contributed by atoms with Gasteiger partial charge in [-0.1, -0.05) is 24.0 Å². The zero-order valence-electron chi connectivity index (χ0n) is 22.0. The number of carbonyl (C=O) groups excluding carboxylic acids is 2. The number of hydrogen-bond donors (Lipinski definition) is 2. The Morgan fingerprint density at radius 3 is 2.83 bits per heavy atom. The molecule has 0 spiro atoms. The van der Waals surface area contributed by atoms with Gasteiger partial charge in [-0.15, -0.1) is 0 Å². The molecular weight excluding hydrogens is 514 g/mol. The molecule has 0 aliphatic carbocycles. The van der Waals surface area contributed by atoms with Crippen molar-refractivity contribution >= 4 is 28.5 Å². The van der Waals surface area contributed by atoms with Crippen molar-refractivity contribution in [2.24, 2.45) is 0 Å². The number of nitrogens with one attached hydrogen (secondary N) is 2. The highest BCUT2D eigenvalue weighted by atomic mass is 19.2. The van der Waals surface area contributed by atoms with Crippen LogP contribution in [0, 0.1) is 23.5 Å². The Balaban J connectivity index is 1.18. The molecule has 2 aromatic carbocycles. The number of rotatable bonds is 6. The number of anilines is 1. The third-order valence-corrected chi connectivity index (χ3v) is 6.71. The Hall–Kier alpha value is -4.78. The highest BCUT2D eigenvalue weighted by Crippen LogP contribution is 2.27. The number of allylic oxidation sites excluding steroid dienone is 2. The largest absolute Gasteiger partial charge is 0.369 e. The monoisotopic (exact) mass is 542 g/mol. The van der Waals surface area contributed by atoms with Gasteiger partial charge in [0.25, 0.3) is 0 Å². The van der Waals surface area contributed by atoms with Gasteiger partial charge in [0.05, 0.1) is 12.1 Å². The second kappa shape index (κ2) is 11.9. The van der Waals surface area contributed by atoms with Crippen LogP contribution in [0.2, 0.25) is 0 Å². The van der Waals surface area contributed by atoms with Crippen LogP contribution in [0.3, 0.4) is 0 Å². The molecule has 2 aliphatic heterocycles. The van der Waals surface area contributed by atoms with Crippen LogP contribution in [0.15, 0.2) is 66.7 Å². The SMILES string of the molecule is CC(=O)NC1CCN(c2ncnc3ccc(C#CCNC(=O)C4=CC=CN(Cc5ccc(F)c(F)c5)C4)cc23)C1. The molecule has 1 fully saturated rings. The van der Waals surface area contributed by atoms with Gasteiger partial charge < -0.3 is 20.4 Å². The van der Waals surface area contributed by atoms with E-state index >= 15 is 0 Å². The number of halogens is 2. The van der Waals surface area contributed by atoms with Gasteiger partial charge in [-0.25, -0.2) is 18.7 Å². The van der Waals surface area contributed by atoms with Crippen molar-refractivity contribution in [2.75, 3.05) is 31.1 Å². The summed E-state index contributed by atoms with van der Waals surface area (Å²) in [4.78, 5) is 37.0. The molecule has 2 amide bonds. The van der Waals surface area contributed by atoms with Crippen LogP contribution in [0.4, 0.5) is 14.6 Å². The van der Waals surface area contributed by atoms with E-state index in [0.717, 1.165) is 47.4 Å². The fourth-order valence-electron chi connectivity index (χ4n) is 4.85. The molecule has 1 atom stereocenters. The Labute approximate surface area is 230 Å². The molecule has 1 unspecified atom stereocenters. The summed E-state index contributed by atoms with van der Waals surface area (Å²) < 4.78 is 26.7. The summed E-state index contributed by atoms with van der Waals surface area (Å²) in [5.74, 6) is 4.82. The molecule has 0 bridgehead atoms. The van der Waals surface area contributed by atoms with E-state index < -0.39 is 11.6 Å². The molecule has 5 rings (SSSR count). The van der Waals surface area contributed by atoms with Gasteiger partial charge in [-0.05, 0) is 54.6 Å². The van der Waals surface area contributed by atoms with Crippen LogP contribution in [0.5, 0.6) is 0 Å². The van der Waals surface area contributed by atoms with Crippen LogP contribution in [0.1, 0.15) is 24.5 Å². The molecule has 2 aliphatic rings. The molecule has 3 aromatic rings. The summed E-state index contributed by atoms with van der Waals surface area (Å²) >= 11 is 0. The van der Waals surface area contributed by atoms with Gasteiger partial charge in [-0.3, -0.25) is 9.59 Å². The van der Waals surface area contributed by atoms with Crippen molar-refractivity contribution in [3.8, 4) is 11.8 Å². The molecule has 40 heavy (non-hydrogen) atoms. The minimum Gasteiger partial charge on any atom is -0.369 e. The maximum absolute atomic E-state index is 13.5. The average Bonchev–Trinajstić information content (AvgIpc) is 3.40. The number of hydrogen-bond acceptors (Lipinski definition) is 6. The highest BCUT2D eigenvalue weighted by Gasteiger charge is 2.25. The molecule has 3 heterocycles. The van der Waals surface area contributed by atoms with E-state index in [2.05, 4.69) is 37.3 Å². The van der Waals surface area contributed by atoms with E-state index in [1.807, 2.05) is 23.1 Å². The average molecular weight is 543 g/mol. The van der Waals surface area contributed by atoms with Gasteiger partial charge in [0, 0.05) is 55.7 Å². The highest BCUT2D eigenvalue weighted by molar-refractivity contribution is 5.94. The topological polar surface area (TPSA) is 90.5 Å². The zero-order valence-corrected chi connectivity index (χ0v) is 22.0. The quantitative estimate of drug-likeness (QED) is 0.466. The molecule has 10 heteroatoms. The number of fused-ring (bicyclic) bond motifs is 1. The van der Waals surface area contributed by atoms with E-state index in [9.17, 15) is 18.4 Å². The van der Waals surface area contributed by atoms with Crippen molar-refractivity contribution < 1.29 is 18.4 Å². The van der Waals surface area contributed by atoms with Gasteiger partial charge in [0.15, 0.2) is 11.6 Å². The maximum atomic E-state index is 13.5. The Morgan fingerprint density at radius 1 is 1.12 bits per heavy atom. The van der Waals surface area contributed by atoms with Crippen LogP contribution < -0.4 is 15.5 Å². The Kier molecular flexibility index (Phi) is 8.01. The second-order valence-corrected chi connectivity index (χ2v) is 9.73. The fourth-order valence-corrected chi connectivity index (χ4v) is 4.85. The number of benzene rings is 2. The lowest BCUT2D eigenvalue weighted by Crippen LogP contribution is -2.35. The summed E-state index contributed by atoms with van der Waals surface area (Å²) in [7, 11) is 0. The predicted octanol–water partition coefficient (Wildman–Crippen LogP) is 3.05. The van der Waals surface area contributed by atoms with Crippen molar-refractivity contribution in [3.05, 3.63) is 89.4 Å². The molecule has 8 nitrogen and oxygen atoms in total. The number of amides is 2. The first-order valence-corrected chi connectivity index (χ1v) is 12.9. The van der Waals surface area contributed by atoms with Gasteiger partial charge in [0.2, 0.25) is 11.8 Å². The van der Waals surface area contributed by atoms with E-state index in [1.54, 1.807) is 24.7 Å². The lowest BCUT2D eigenvalue weighted by molar-refractivity contribution is -0.119.